The third kappa shape index (κ3) is 5.93. The van der Waals surface area contributed by atoms with E-state index in [0.717, 1.165) is 35.8 Å². The van der Waals surface area contributed by atoms with Gasteiger partial charge in [-0.05, 0) is 83.6 Å². The molecule has 0 bridgehead atoms. The van der Waals surface area contributed by atoms with Crippen LogP contribution in [0.4, 0.5) is 0 Å². The number of hydrogen-bond donors (Lipinski definition) is 0. The van der Waals surface area contributed by atoms with Crippen molar-refractivity contribution in [3.05, 3.63) is 156 Å². The lowest BCUT2D eigenvalue weighted by atomic mass is 10.1. The van der Waals surface area contributed by atoms with Crippen LogP contribution in [0.2, 0.25) is 0 Å². The predicted molar refractivity (Wildman–Crippen MR) is 138 cm³/mol. The summed E-state index contributed by atoms with van der Waals surface area (Å²) in [5.74, 6) is 3.20. The lowest BCUT2D eigenvalue weighted by Crippen LogP contribution is -1.90. The highest BCUT2D eigenvalue weighted by atomic mass is 16.5. The molecule has 0 heterocycles. The summed E-state index contributed by atoms with van der Waals surface area (Å²) in [6.45, 7) is 0. The van der Waals surface area contributed by atoms with Gasteiger partial charge in [0.15, 0.2) is 0 Å². The van der Waals surface area contributed by atoms with Crippen LogP contribution in [0.1, 0.15) is 22.3 Å². The Morgan fingerprint density at radius 2 is 0.559 bits per heavy atom. The summed E-state index contributed by atoms with van der Waals surface area (Å²) in [4.78, 5) is 0. The molecule has 5 aromatic rings. The molecule has 2 nitrogen and oxygen atoms in total. The molecule has 166 valence electrons. The second-order valence-electron chi connectivity index (χ2n) is 8.29. The van der Waals surface area contributed by atoms with E-state index < -0.39 is 0 Å². The van der Waals surface area contributed by atoms with E-state index in [-0.39, 0.29) is 0 Å². The maximum Gasteiger partial charge on any atom is 0.127 e. The van der Waals surface area contributed by atoms with Gasteiger partial charge >= 0.3 is 0 Å². The zero-order valence-electron chi connectivity index (χ0n) is 18.9. The molecular weight excluding hydrogens is 416 g/mol. The lowest BCUT2D eigenvalue weighted by Gasteiger charge is -2.10. The first kappa shape index (κ1) is 21.5. The van der Waals surface area contributed by atoms with E-state index >= 15 is 0 Å². The molecule has 5 aromatic carbocycles. The Bertz CT molecular complexity index is 1190. The average Bonchev–Trinajstić information content (AvgIpc) is 2.89. The van der Waals surface area contributed by atoms with Gasteiger partial charge in [-0.15, -0.1) is 0 Å². The van der Waals surface area contributed by atoms with Crippen molar-refractivity contribution in [1.29, 1.82) is 0 Å². The van der Waals surface area contributed by atoms with Crippen LogP contribution in [0.15, 0.2) is 133 Å². The number of rotatable bonds is 8. The molecule has 0 amide bonds. The number of hydrogen-bond acceptors (Lipinski definition) is 2. The first-order valence-electron chi connectivity index (χ1n) is 11.5. The monoisotopic (exact) mass is 442 g/mol. The molecule has 34 heavy (non-hydrogen) atoms. The molecule has 0 aliphatic rings. The summed E-state index contributed by atoms with van der Waals surface area (Å²) in [5, 5.41) is 0. The van der Waals surface area contributed by atoms with Gasteiger partial charge in [-0.25, -0.2) is 0 Å². The highest BCUT2D eigenvalue weighted by molar-refractivity contribution is 5.40. The van der Waals surface area contributed by atoms with Crippen molar-refractivity contribution in [2.45, 2.75) is 12.8 Å². The molecule has 0 saturated heterocycles. The van der Waals surface area contributed by atoms with Crippen molar-refractivity contribution in [2.75, 3.05) is 0 Å². The Morgan fingerprint density at radius 1 is 0.294 bits per heavy atom. The molecular formula is C32H26O2. The standard InChI is InChI=1S/C32H26O2/c1-3-7-25(8-4-1)23-27-11-15-29(16-12-27)33-31-19-21-32(22-20-31)34-30-17-13-28(14-18-30)24-26-9-5-2-6-10-26/h1-22H,23-24H2. The molecule has 0 radical (unpaired) electrons. The SMILES string of the molecule is c1ccc(Cc2ccc(Oc3ccc(Oc4ccc(Cc5ccccc5)cc4)cc3)cc2)cc1. The molecule has 0 atom stereocenters. The Kier molecular flexibility index (Phi) is 6.68. The number of ether oxygens (including phenoxy) is 2. The molecule has 0 saturated carbocycles. The summed E-state index contributed by atoms with van der Waals surface area (Å²) >= 11 is 0. The third-order valence-electron chi connectivity index (χ3n) is 5.64. The second-order valence-corrected chi connectivity index (χ2v) is 8.29. The normalized spacial score (nSPS) is 10.6. The van der Waals surface area contributed by atoms with Crippen molar-refractivity contribution < 1.29 is 9.47 Å². The predicted octanol–water partition coefficient (Wildman–Crippen LogP) is 8.45. The van der Waals surface area contributed by atoms with Gasteiger partial charge < -0.3 is 9.47 Å². The van der Waals surface area contributed by atoms with Crippen molar-refractivity contribution in [3.63, 3.8) is 0 Å². The van der Waals surface area contributed by atoms with Crippen LogP contribution in [0.25, 0.3) is 0 Å². The fourth-order valence-corrected chi connectivity index (χ4v) is 3.86. The zero-order chi connectivity index (χ0) is 23.0. The number of benzene rings is 5. The van der Waals surface area contributed by atoms with Gasteiger partial charge in [0.1, 0.15) is 23.0 Å². The van der Waals surface area contributed by atoms with E-state index in [2.05, 4.69) is 72.8 Å². The zero-order valence-corrected chi connectivity index (χ0v) is 18.9. The fourth-order valence-electron chi connectivity index (χ4n) is 3.86. The van der Waals surface area contributed by atoms with E-state index in [0.29, 0.717) is 0 Å². The Hall–Kier alpha value is -4.30. The van der Waals surface area contributed by atoms with Crippen LogP contribution in [0.5, 0.6) is 23.0 Å². The van der Waals surface area contributed by atoms with Crippen LogP contribution in [0, 0.1) is 0 Å². The highest BCUT2D eigenvalue weighted by Crippen LogP contribution is 2.27. The van der Waals surface area contributed by atoms with Gasteiger partial charge in [0.25, 0.3) is 0 Å². The molecule has 0 spiro atoms. The topological polar surface area (TPSA) is 18.5 Å². The summed E-state index contributed by atoms with van der Waals surface area (Å²) in [6.07, 6.45) is 1.83. The molecule has 0 unspecified atom stereocenters. The molecule has 5 rings (SSSR count). The minimum Gasteiger partial charge on any atom is -0.457 e. The van der Waals surface area contributed by atoms with Crippen LogP contribution in [-0.2, 0) is 12.8 Å². The van der Waals surface area contributed by atoms with Crippen molar-refractivity contribution in [2.24, 2.45) is 0 Å². The average molecular weight is 443 g/mol. The second kappa shape index (κ2) is 10.5. The summed E-state index contributed by atoms with van der Waals surface area (Å²) in [5.41, 5.74) is 5.13. The van der Waals surface area contributed by atoms with E-state index in [1.165, 1.54) is 22.3 Å². The Morgan fingerprint density at radius 3 is 0.882 bits per heavy atom. The molecule has 0 aliphatic carbocycles. The summed E-state index contributed by atoms with van der Waals surface area (Å²) < 4.78 is 12.0. The first-order valence-corrected chi connectivity index (χ1v) is 11.5. The maximum absolute atomic E-state index is 6.01. The van der Waals surface area contributed by atoms with Crippen molar-refractivity contribution >= 4 is 0 Å². The van der Waals surface area contributed by atoms with E-state index in [9.17, 15) is 0 Å². The molecule has 0 N–H and O–H groups in total. The smallest absolute Gasteiger partial charge is 0.127 e. The summed E-state index contributed by atoms with van der Waals surface area (Å²) in [6, 6.07) is 45.2. The van der Waals surface area contributed by atoms with Gasteiger partial charge in [0.2, 0.25) is 0 Å². The van der Waals surface area contributed by atoms with E-state index in [1.54, 1.807) is 0 Å². The third-order valence-corrected chi connectivity index (χ3v) is 5.64. The van der Waals surface area contributed by atoms with E-state index in [4.69, 9.17) is 9.47 Å². The van der Waals surface area contributed by atoms with Gasteiger partial charge in [0.05, 0.1) is 0 Å². The maximum atomic E-state index is 6.01. The molecule has 0 fully saturated rings. The minimum absolute atomic E-state index is 0.779. The van der Waals surface area contributed by atoms with E-state index in [1.807, 2.05) is 60.7 Å². The molecule has 0 aromatic heterocycles. The first-order chi connectivity index (χ1) is 16.8. The largest absolute Gasteiger partial charge is 0.457 e. The van der Waals surface area contributed by atoms with Crippen LogP contribution >= 0.6 is 0 Å². The van der Waals surface area contributed by atoms with Crippen LogP contribution < -0.4 is 9.47 Å². The van der Waals surface area contributed by atoms with Gasteiger partial charge in [-0.1, -0.05) is 84.9 Å². The van der Waals surface area contributed by atoms with Gasteiger partial charge in [-0.3, -0.25) is 0 Å². The molecule has 0 aliphatic heterocycles. The molecule has 2 heteroatoms. The Balaban J connectivity index is 1.15. The van der Waals surface area contributed by atoms with Gasteiger partial charge in [-0.2, -0.15) is 0 Å². The van der Waals surface area contributed by atoms with Crippen molar-refractivity contribution in [1.82, 2.24) is 0 Å². The highest BCUT2D eigenvalue weighted by Gasteiger charge is 2.03. The van der Waals surface area contributed by atoms with Crippen molar-refractivity contribution in [3.8, 4) is 23.0 Å². The quantitative estimate of drug-likeness (QED) is 0.240. The van der Waals surface area contributed by atoms with Gasteiger partial charge in [0, 0.05) is 0 Å². The summed E-state index contributed by atoms with van der Waals surface area (Å²) in [7, 11) is 0. The van der Waals surface area contributed by atoms with Crippen LogP contribution in [0.3, 0.4) is 0 Å². The fraction of sp³-hybridized carbons (Fsp3) is 0.0625. The Labute approximate surface area is 201 Å². The minimum atomic E-state index is 0.779. The lowest BCUT2D eigenvalue weighted by molar-refractivity contribution is 0.469. The van der Waals surface area contributed by atoms with Crippen LogP contribution in [-0.4, -0.2) is 0 Å².